The minimum Gasteiger partial charge on any atom is -0.319 e. The molecule has 100 valence electrons. The van der Waals surface area contributed by atoms with Crippen molar-refractivity contribution in [1.82, 2.24) is 15.3 Å². The van der Waals surface area contributed by atoms with Crippen LogP contribution in [0.1, 0.15) is 28.0 Å². The lowest BCUT2D eigenvalue weighted by Gasteiger charge is -2.21. The van der Waals surface area contributed by atoms with Gasteiger partial charge in [0.05, 0.1) is 5.25 Å². The first-order chi connectivity index (χ1) is 8.72. The van der Waals surface area contributed by atoms with Gasteiger partial charge in [0.2, 0.25) is 0 Å². The second kappa shape index (κ2) is 6.78. The molecule has 1 aliphatic heterocycles. The molecule has 1 saturated heterocycles. The SMILES string of the molecule is CNCCc1c(C)nc(C2CSCCS2)nc1C. The minimum atomic E-state index is 0.486. The zero-order valence-corrected chi connectivity index (χ0v) is 13.0. The van der Waals surface area contributed by atoms with E-state index in [1.54, 1.807) is 0 Å². The lowest BCUT2D eigenvalue weighted by Crippen LogP contribution is -2.16. The molecular formula is C13H21N3S2. The van der Waals surface area contributed by atoms with E-state index < -0.39 is 0 Å². The number of hydrogen-bond donors (Lipinski definition) is 1. The van der Waals surface area contributed by atoms with Crippen molar-refractivity contribution >= 4 is 23.5 Å². The molecule has 1 aliphatic rings. The van der Waals surface area contributed by atoms with Crippen molar-refractivity contribution in [3.63, 3.8) is 0 Å². The topological polar surface area (TPSA) is 37.8 Å². The fourth-order valence-electron chi connectivity index (χ4n) is 2.16. The Morgan fingerprint density at radius 1 is 1.22 bits per heavy atom. The summed E-state index contributed by atoms with van der Waals surface area (Å²) in [4.78, 5) is 9.47. The second-order valence-electron chi connectivity index (χ2n) is 4.52. The van der Waals surface area contributed by atoms with Crippen LogP contribution in [0.3, 0.4) is 0 Å². The molecule has 0 aliphatic carbocycles. The van der Waals surface area contributed by atoms with E-state index in [9.17, 15) is 0 Å². The van der Waals surface area contributed by atoms with E-state index >= 15 is 0 Å². The van der Waals surface area contributed by atoms with Gasteiger partial charge < -0.3 is 5.32 Å². The highest BCUT2D eigenvalue weighted by molar-refractivity contribution is 8.06. The van der Waals surface area contributed by atoms with Crippen LogP contribution in [-0.2, 0) is 6.42 Å². The fraction of sp³-hybridized carbons (Fsp3) is 0.692. The van der Waals surface area contributed by atoms with E-state index in [4.69, 9.17) is 9.97 Å². The third-order valence-corrected chi connectivity index (χ3v) is 5.92. The van der Waals surface area contributed by atoms with Crippen molar-refractivity contribution in [2.75, 3.05) is 30.9 Å². The first-order valence-corrected chi connectivity index (χ1v) is 8.60. The monoisotopic (exact) mass is 283 g/mol. The fourth-order valence-corrected chi connectivity index (χ4v) is 4.76. The highest BCUT2D eigenvalue weighted by Gasteiger charge is 2.20. The third kappa shape index (κ3) is 3.39. The predicted molar refractivity (Wildman–Crippen MR) is 81.7 cm³/mol. The second-order valence-corrected chi connectivity index (χ2v) is 6.98. The molecule has 0 bridgehead atoms. The molecule has 1 aromatic heterocycles. The number of likely N-dealkylation sites (N-methyl/N-ethyl adjacent to an activating group) is 1. The van der Waals surface area contributed by atoms with Gasteiger partial charge >= 0.3 is 0 Å². The Balaban J connectivity index is 2.18. The third-order valence-electron chi connectivity index (χ3n) is 3.17. The lowest BCUT2D eigenvalue weighted by atomic mass is 10.1. The van der Waals surface area contributed by atoms with Gasteiger partial charge in [-0.3, -0.25) is 0 Å². The van der Waals surface area contributed by atoms with Gasteiger partial charge in [-0.05, 0) is 39.4 Å². The van der Waals surface area contributed by atoms with Gasteiger partial charge in [-0.1, -0.05) is 0 Å². The Labute approximate surface area is 118 Å². The summed E-state index contributed by atoms with van der Waals surface area (Å²) in [5.74, 6) is 4.67. The van der Waals surface area contributed by atoms with Gasteiger partial charge in [0.1, 0.15) is 5.82 Å². The molecule has 3 nitrogen and oxygen atoms in total. The average Bonchev–Trinajstić information content (AvgIpc) is 2.39. The van der Waals surface area contributed by atoms with Crippen molar-refractivity contribution in [2.45, 2.75) is 25.5 Å². The number of rotatable bonds is 4. The van der Waals surface area contributed by atoms with Crippen LogP contribution >= 0.6 is 23.5 Å². The molecule has 1 atom stereocenters. The summed E-state index contributed by atoms with van der Waals surface area (Å²) in [6, 6.07) is 0. The van der Waals surface area contributed by atoms with Crippen LogP contribution < -0.4 is 5.32 Å². The highest BCUT2D eigenvalue weighted by atomic mass is 32.2. The average molecular weight is 283 g/mol. The van der Waals surface area contributed by atoms with E-state index in [0.29, 0.717) is 5.25 Å². The molecule has 5 heteroatoms. The van der Waals surface area contributed by atoms with Gasteiger partial charge in [-0.25, -0.2) is 9.97 Å². The van der Waals surface area contributed by atoms with Gasteiger partial charge in [-0.15, -0.1) is 11.8 Å². The smallest absolute Gasteiger partial charge is 0.142 e. The summed E-state index contributed by atoms with van der Waals surface area (Å²) < 4.78 is 0. The summed E-state index contributed by atoms with van der Waals surface area (Å²) >= 11 is 4.02. The number of thioether (sulfide) groups is 2. The van der Waals surface area contributed by atoms with Crippen molar-refractivity contribution < 1.29 is 0 Å². The molecule has 2 heterocycles. The summed E-state index contributed by atoms with van der Waals surface area (Å²) in [6.07, 6.45) is 1.01. The van der Waals surface area contributed by atoms with E-state index in [1.807, 2.05) is 30.6 Å². The Bertz CT molecular complexity index is 380. The molecule has 2 rings (SSSR count). The minimum absolute atomic E-state index is 0.486. The van der Waals surface area contributed by atoms with Gasteiger partial charge in [0.25, 0.3) is 0 Å². The molecule has 0 amide bonds. The Hall–Kier alpha value is -0.260. The molecule has 18 heavy (non-hydrogen) atoms. The molecule has 1 N–H and O–H groups in total. The van der Waals surface area contributed by atoms with Crippen LogP contribution in [0.4, 0.5) is 0 Å². The quantitative estimate of drug-likeness (QED) is 0.918. The molecule has 0 spiro atoms. The first kappa shape index (κ1) is 14.2. The molecule has 1 unspecified atom stereocenters. The standard InChI is InChI=1S/C13H21N3S2/c1-9-11(4-5-14-3)10(2)16-13(15-9)12-8-17-6-7-18-12/h12,14H,4-8H2,1-3H3. The highest BCUT2D eigenvalue weighted by Crippen LogP contribution is 2.35. The molecular weight excluding hydrogens is 262 g/mol. The van der Waals surface area contributed by atoms with E-state index in [2.05, 4.69) is 19.2 Å². The molecule has 0 aromatic carbocycles. The Morgan fingerprint density at radius 2 is 1.94 bits per heavy atom. The lowest BCUT2D eigenvalue weighted by molar-refractivity contribution is 0.763. The normalized spacial score (nSPS) is 20.1. The largest absolute Gasteiger partial charge is 0.319 e. The van der Waals surface area contributed by atoms with E-state index in [-0.39, 0.29) is 0 Å². The summed E-state index contributed by atoms with van der Waals surface area (Å²) in [7, 11) is 1.98. The van der Waals surface area contributed by atoms with Crippen molar-refractivity contribution in [3.05, 3.63) is 22.8 Å². The number of hydrogen-bond acceptors (Lipinski definition) is 5. The number of nitrogens with zero attached hydrogens (tertiary/aromatic N) is 2. The number of aryl methyl sites for hydroxylation is 2. The van der Waals surface area contributed by atoms with Crippen LogP contribution in [0.25, 0.3) is 0 Å². The number of aromatic nitrogens is 2. The summed E-state index contributed by atoms with van der Waals surface area (Å²) in [6.45, 7) is 5.21. The molecule has 1 aromatic rings. The molecule has 1 fully saturated rings. The Morgan fingerprint density at radius 3 is 2.50 bits per heavy atom. The zero-order valence-electron chi connectivity index (χ0n) is 11.3. The maximum atomic E-state index is 4.74. The summed E-state index contributed by atoms with van der Waals surface area (Å²) in [5.41, 5.74) is 3.62. The maximum Gasteiger partial charge on any atom is 0.142 e. The van der Waals surface area contributed by atoms with Gasteiger partial charge in [0.15, 0.2) is 0 Å². The van der Waals surface area contributed by atoms with Crippen LogP contribution in [0.2, 0.25) is 0 Å². The molecule has 0 radical (unpaired) electrons. The van der Waals surface area contributed by atoms with Gasteiger partial charge in [-0.2, -0.15) is 11.8 Å². The van der Waals surface area contributed by atoms with Crippen LogP contribution in [-0.4, -0.2) is 40.8 Å². The van der Waals surface area contributed by atoms with E-state index in [1.165, 1.54) is 17.1 Å². The van der Waals surface area contributed by atoms with Gasteiger partial charge in [0, 0.05) is 28.6 Å². The van der Waals surface area contributed by atoms with E-state index in [0.717, 1.165) is 35.9 Å². The molecule has 0 saturated carbocycles. The predicted octanol–water partition coefficient (Wildman–Crippen LogP) is 2.38. The summed E-state index contributed by atoms with van der Waals surface area (Å²) in [5, 5.41) is 3.67. The van der Waals surface area contributed by atoms with Crippen molar-refractivity contribution in [1.29, 1.82) is 0 Å². The van der Waals surface area contributed by atoms with Crippen LogP contribution in [0.15, 0.2) is 0 Å². The van der Waals surface area contributed by atoms with Crippen LogP contribution in [0.5, 0.6) is 0 Å². The van der Waals surface area contributed by atoms with Crippen molar-refractivity contribution in [2.24, 2.45) is 0 Å². The Kier molecular flexibility index (Phi) is 5.33. The zero-order chi connectivity index (χ0) is 13.0. The maximum absolute atomic E-state index is 4.74. The van der Waals surface area contributed by atoms with Crippen molar-refractivity contribution in [3.8, 4) is 0 Å². The van der Waals surface area contributed by atoms with Crippen LogP contribution in [0, 0.1) is 13.8 Å². The number of nitrogens with one attached hydrogen (secondary N) is 1. The first-order valence-electron chi connectivity index (χ1n) is 6.40.